The zero-order chi connectivity index (χ0) is 13.8. The number of benzene rings is 1. The number of H-pyrrole nitrogens is 1. The number of aromatic nitrogens is 2. The minimum absolute atomic E-state index is 0.204. The molecule has 102 valence electrons. The summed E-state index contributed by atoms with van der Waals surface area (Å²) < 4.78 is 12.8. The Morgan fingerprint density at radius 3 is 2.75 bits per heavy atom. The van der Waals surface area contributed by atoms with Crippen LogP contribution < -0.4 is 5.32 Å². The maximum Gasteiger partial charge on any atom is 0.123 e. The van der Waals surface area contributed by atoms with Gasteiger partial charge in [-0.05, 0) is 29.8 Å². The van der Waals surface area contributed by atoms with Gasteiger partial charge in [0.2, 0.25) is 0 Å². The second kappa shape index (κ2) is 5.98. The van der Waals surface area contributed by atoms with Gasteiger partial charge >= 0.3 is 0 Å². The average molecular weight is 287 g/mol. The van der Waals surface area contributed by atoms with Crippen LogP contribution in [-0.4, -0.2) is 9.97 Å². The number of nitrogens with zero attached hydrogens (tertiary/aromatic N) is 1. The molecular weight excluding hydrogens is 273 g/mol. The van der Waals surface area contributed by atoms with Crippen LogP contribution in [0.4, 0.5) is 4.39 Å². The summed E-state index contributed by atoms with van der Waals surface area (Å²) in [7, 11) is 0. The Morgan fingerprint density at radius 2 is 2.00 bits per heavy atom. The monoisotopic (exact) mass is 287 g/mol. The molecule has 0 aliphatic heterocycles. The van der Waals surface area contributed by atoms with Crippen molar-refractivity contribution in [3.63, 3.8) is 0 Å². The van der Waals surface area contributed by atoms with Crippen molar-refractivity contribution < 1.29 is 4.39 Å². The van der Waals surface area contributed by atoms with E-state index in [1.807, 2.05) is 24.5 Å². The summed E-state index contributed by atoms with van der Waals surface area (Å²) in [4.78, 5) is 8.69. The topological polar surface area (TPSA) is 40.7 Å². The van der Waals surface area contributed by atoms with Crippen LogP contribution in [0.5, 0.6) is 0 Å². The summed E-state index contributed by atoms with van der Waals surface area (Å²) in [5.41, 5.74) is 2.15. The van der Waals surface area contributed by atoms with Crippen molar-refractivity contribution >= 4 is 11.3 Å². The van der Waals surface area contributed by atoms with Crippen LogP contribution in [0.1, 0.15) is 10.6 Å². The Labute approximate surface area is 120 Å². The second-order valence-electron chi connectivity index (χ2n) is 4.43. The molecule has 1 aromatic carbocycles. The standard InChI is InChI=1S/C15H14FN3S/c16-12-5-3-11(4-6-12)8-17-10-15-19-9-14(20-15)13-2-1-7-18-13/h1-7,9,17-18H,8,10H2. The Kier molecular flexibility index (Phi) is 3.90. The van der Waals surface area contributed by atoms with Gasteiger partial charge in [0.25, 0.3) is 0 Å². The molecule has 0 amide bonds. The molecule has 0 atom stereocenters. The highest BCUT2D eigenvalue weighted by molar-refractivity contribution is 7.15. The molecule has 5 heteroatoms. The predicted octanol–water partition coefficient (Wildman–Crippen LogP) is 3.57. The number of thiazole rings is 1. The lowest BCUT2D eigenvalue weighted by Crippen LogP contribution is -2.12. The first-order valence-electron chi connectivity index (χ1n) is 6.35. The average Bonchev–Trinajstić information content (AvgIpc) is 3.11. The molecule has 3 rings (SSSR count). The van der Waals surface area contributed by atoms with E-state index >= 15 is 0 Å². The molecule has 20 heavy (non-hydrogen) atoms. The first-order chi connectivity index (χ1) is 9.81. The molecule has 2 N–H and O–H groups in total. The van der Waals surface area contributed by atoms with Crippen molar-refractivity contribution in [2.75, 3.05) is 0 Å². The van der Waals surface area contributed by atoms with E-state index in [0.717, 1.165) is 21.1 Å². The van der Waals surface area contributed by atoms with Crippen LogP contribution in [0, 0.1) is 5.82 Å². The van der Waals surface area contributed by atoms with Crippen molar-refractivity contribution in [3.8, 4) is 10.6 Å². The molecule has 0 unspecified atom stereocenters. The molecule has 3 aromatic rings. The summed E-state index contributed by atoms with van der Waals surface area (Å²) >= 11 is 1.66. The molecule has 3 nitrogen and oxygen atoms in total. The highest BCUT2D eigenvalue weighted by Crippen LogP contribution is 2.24. The van der Waals surface area contributed by atoms with Gasteiger partial charge in [-0.1, -0.05) is 12.1 Å². The molecule has 0 saturated carbocycles. The smallest absolute Gasteiger partial charge is 0.123 e. The van der Waals surface area contributed by atoms with Crippen molar-refractivity contribution in [2.24, 2.45) is 0 Å². The third-order valence-electron chi connectivity index (χ3n) is 2.94. The van der Waals surface area contributed by atoms with Gasteiger partial charge in [0.1, 0.15) is 10.8 Å². The van der Waals surface area contributed by atoms with Gasteiger partial charge in [-0.25, -0.2) is 9.37 Å². The molecule has 0 aliphatic rings. The van der Waals surface area contributed by atoms with Crippen LogP contribution in [-0.2, 0) is 13.1 Å². The SMILES string of the molecule is Fc1ccc(CNCc2ncc(-c3ccc[nH]3)s2)cc1. The molecule has 0 fully saturated rings. The van der Waals surface area contributed by atoms with Crippen LogP contribution in [0.15, 0.2) is 48.8 Å². The summed E-state index contributed by atoms with van der Waals surface area (Å²) in [6.45, 7) is 1.42. The predicted molar refractivity (Wildman–Crippen MR) is 78.8 cm³/mol. The maximum absolute atomic E-state index is 12.8. The fourth-order valence-electron chi connectivity index (χ4n) is 1.92. The molecule has 2 heterocycles. The molecular formula is C15H14FN3S. The summed E-state index contributed by atoms with van der Waals surface area (Å²) in [5.74, 6) is -0.204. The fourth-order valence-corrected chi connectivity index (χ4v) is 2.79. The number of hydrogen-bond acceptors (Lipinski definition) is 3. The van der Waals surface area contributed by atoms with Gasteiger partial charge in [0.15, 0.2) is 0 Å². The normalized spacial score (nSPS) is 10.8. The summed E-state index contributed by atoms with van der Waals surface area (Å²) in [6, 6.07) is 10.5. The fraction of sp³-hybridized carbons (Fsp3) is 0.133. The summed E-state index contributed by atoms with van der Waals surface area (Å²) in [6.07, 6.45) is 3.78. The van der Waals surface area contributed by atoms with E-state index in [0.29, 0.717) is 13.1 Å². The van der Waals surface area contributed by atoms with Crippen molar-refractivity contribution in [1.29, 1.82) is 0 Å². The van der Waals surface area contributed by atoms with E-state index in [1.165, 1.54) is 12.1 Å². The van der Waals surface area contributed by atoms with Gasteiger partial charge in [-0.3, -0.25) is 0 Å². The van der Waals surface area contributed by atoms with Gasteiger partial charge in [0, 0.05) is 25.5 Å². The van der Waals surface area contributed by atoms with E-state index in [1.54, 1.807) is 23.5 Å². The maximum atomic E-state index is 12.8. The van der Waals surface area contributed by atoms with E-state index in [2.05, 4.69) is 15.3 Å². The van der Waals surface area contributed by atoms with Gasteiger partial charge in [-0.2, -0.15) is 0 Å². The Bertz CT molecular complexity index is 659. The highest BCUT2D eigenvalue weighted by Gasteiger charge is 2.04. The number of nitrogens with one attached hydrogen (secondary N) is 2. The van der Waals surface area contributed by atoms with E-state index < -0.39 is 0 Å². The lowest BCUT2D eigenvalue weighted by atomic mass is 10.2. The van der Waals surface area contributed by atoms with Crippen LogP contribution >= 0.6 is 11.3 Å². The first-order valence-corrected chi connectivity index (χ1v) is 7.16. The van der Waals surface area contributed by atoms with E-state index in [4.69, 9.17) is 0 Å². The minimum Gasteiger partial charge on any atom is -0.360 e. The molecule has 0 spiro atoms. The largest absolute Gasteiger partial charge is 0.360 e. The lowest BCUT2D eigenvalue weighted by molar-refractivity contribution is 0.625. The third kappa shape index (κ3) is 3.12. The van der Waals surface area contributed by atoms with Gasteiger partial charge in [0.05, 0.1) is 10.6 Å². The van der Waals surface area contributed by atoms with Crippen LogP contribution in [0.3, 0.4) is 0 Å². The quantitative estimate of drug-likeness (QED) is 0.753. The van der Waals surface area contributed by atoms with Crippen LogP contribution in [0.2, 0.25) is 0 Å². The van der Waals surface area contributed by atoms with Gasteiger partial charge < -0.3 is 10.3 Å². The Balaban J connectivity index is 1.55. The Hall–Kier alpha value is -1.98. The number of halogens is 1. The number of aromatic amines is 1. The molecule has 2 aromatic heterocycles. The number of hydrogen-bond donors (Lipinski definition) is 2. The van der Waals surface area contributed by atoms with Crippen molar-refractivity contribution in [3.05, 3.63) is 65.2 Å². The zero-order valence-electron chi connectivity index (χ0n) is 10.8. The molecule has 0 aliphatic carbocycles. The lowest BCUT2D eigenvalue weighted by Gasteiger charge is -2.02. The Morgan fingerprint density at radius 1 is 1.15 bits per heavy atom. The number of rotatable bonds is 5. The minimum atomic E-state index is -0.204. The highest BCUT2D eigenvalue weighted by atomic mass is 32.1. The second-order valence-corrected chi connectivity index (χ2v) is 5.55. The van der Waals surface area contributed by atoms with Gasteiger partial charge in [-0.15, -0.1) is 11.3 Å². The molecule has 0 bridgehead atoms. The van der Waals surface area contributed by atoms with Crippen molar-refractivity contribution in [2.45, 2.75) is 13.1 Å². The zero-order valence-corrected chi connectivity index (χ0v) is 11.6. The van der Waals surface area contributed by atoms with Crippen molar-refractivity contribution in [1.82, 2.24) is 15.3 Å². The molecule has 0 saturated heterocycles. The molecule has 0 radical (unpaired) electrons. The van der Waals surface area contributed by atoms with Crippen LogP contribution in [0.25, 0.3) is 10.6 Å². The summed E-state index contributed by atoms with van der Waals surface area (Å²) in [5, 5.41) is 4.35. The van der Waals surface area contributed by atoms with E-state index in [-0.39, 0.29) is 5.82 Å². The third-order valence-corrected chi connectivity index (χ3v) is 3.97. The van der Waals surface area contributed by atoms with E-state index in [9.17, 15) is 4.39 Å². The first kappa shape index (κ1) is 13.0.